The van der Waals surface area contributed by atoms with E-state index < -0.39 is 0 Å². The molecule has 0 radical (unpaired) electrons. The second kappa shape index (κ2) is 7.17. The van der Waals surface area contributed by atoms with Gasteiger partial charge in [0.15, 0.2) is 5.82 Å². The van der Waals surface area contributed by atoms with E-state index in [9.17, 15) is 4.39 Å². The van der Waals surface area contributed by atoms with E-state index in [0.29, 0.717) is 31.6 Å². The van der Waals surface area contributed by atoms with E-state index in [1.54, 1.807) is 12.1 Å². The number of benzene rings is 2. The number of anilines is 1. The molecule has 1 aliphatic rings. The molecule has 134 valence electrons. The fourth-order valence-electron chi connectivity index (χ4n) is 3.27. The molecule has 0 atom stereocenters. The molecule has 0 saturated heterocycles. The summed E-state index contributed by atoms with van der Waals surface area (Å²) >= 11 is 0. The average molecular weight is 353 g/mol. The number of nitrogens with zero attached hydrogens (tertiary/aromatic N) is 1. The van der Waals surface area contributed by atoms with Crippen molar-refractivity contribution in [3.05, 3.63) is 65.0 Å². The van der Waals surface area contributed by atoms with Crippen molar-refractivity contribution in [2.45, 2.75) is 19.4 Å². The van der Waals surface area contributed by atoms with E-state index in [1.807, 2.05) is 24.3 Å². The van der Waals surface area contributed by atoms with E-state index in [2.05, 4.69) is 15.5 Å². The van der Waals surface area contributed by atoms with Gasteiger partial charge in [-0.25, -0.2) is 4.39 Å². The van der Waals surface area contributed by atoms with Crippen molar-refractivity contribution in [1.29, 1.82) is 0 Å². The van der Waals surface area contributed by atoms with Crippen molar-refractivity contribution in [3.63, 3.8) is 0 Å². The van der Waals surface area contributed by atoms with Crippen molar-refractivity contribution >= 4 is 5.82 Å². The topological polar surface area (TPSA) is 70.2 Å². The standard InChI is InChI=1S/C20H20FN3O2/c21-17-7-2-1-5-13(17)12-22-20-16-11-15-14(19(16)23-24-20)6-3-8-18(15)26-10-4-9-25/h1-3,5-8,25H,4,9-12H2,(H2,22,23,24). The summed E-state index contributed by atoms with van der Waals surface area (Å²) in [6, 6.07) is 12.7. The largest absolute Gasteiger partial charge is 0.493 e. The van der Waals surface area contributed by atoms with Crippen LogP contribution in [0.4, 0.5) is 10.2 Å². The van der Waals surface area contributed by atoms with Crippen LogP contribution in [0.25, 0.3) is 11.3 Å². The molecule has 1 heterocycles. The summed E-state index contributed by atoms with van der Waals surface area (Å²) in [6.45, 7) is 0.972. The Balaban J connectivity index is 1.53. The number of nitrogens with one attached hydrogen (secondary N) is 2. The molecule has 0 saturated carbocycles. The first kappa shape index (κ1) is 16.6. The Morgan fingerprint density at radius 1 is 1.15 bits per heavy atom. The Kier molecular flexibility index (Phi) is 4.58. The number of aliphatic hydroxyl groups is 1. The van der Waals surface area contributed by atoms with Gasteiger partial charge in [0.1, 0.15) is 11.6 Å². The van der Waals surface area contributed by atoms with Crippen molar-refractivity contribution < 1.29 is 14.2 Å². The smallest absolute Gasteiger partial charge is 0.152 e. The third kappa shape index (κ3) is 3.04. The number of hydrogen-bond donors (Lipinski definition) is 3. The summed E-state index contributed by atoms with van der Waals surface area (Å²) in [4.78, 5) is 0. The van der Waals surface area contributed by atoms with Gasteiger partial charge in [0.25, 0.3) is 0 Å². The molecule has 0 amide bonds. The number of H-pyrrole nitrogens is 1. The van der Waals surface area contributed by atoms with Crippen molar-refractivity contribution in [3.8, 4) is 17.0 Å². The SMILES string of the molecule is OCCCOc1cccc2c1Cc1c(NCc3ccccc3F)n[nH]c1-2. The Bertz CT molecular complexity index is 923. The summed E-state index contributed by atoms with van der Waals surface area (Å²) in [6.07, 6.45) is 1.31. The van der Waals surface area contributed by atoms with Gasteiger partial charge in [0.2, 0.25) is 0 Å². The molecular formula is C20H20FN3O2. The summed E-state index contributed by atoms with van der Waals surface area (Å²) < 4.78 is 19.6. The van der Waals surface area contributed by atoms with Gasteiger partial charge in [-0.2, -0.15) is 5.10 Å². The first-order valence-corrected chi connectivity index (χ1v) is 8.68. The highest BCUT2D eigenvalue weighted by atomic mass is 19.1. The predicted octanol–water partition coefficient (Wildman–Crippen LogP) is 3.49. The monoisotopic (exact) mass is 353 g/mol. The number of rotatable bonds is 7. The number of fused-ring (bicyclic) bond motifs is 3. The molecule has 1 aliphatic carbocycles. The lowest BCUT2D eigenvalue weighted by Crippen LogP contribution is -2.04. The molecular weight excluding hydrogens is 333 g/mol. The molecule has 4 rings (SSSR count). The lowest BCUT2D eigenvalue weighted by molar-refractivity contribution is 0.233. The predicted molar refractivity (Wildman–Crippen MR) is 97.8 cm³/mol. The van der Waals surface area contributed by atoms with Gasteiger partial charge < -0.3 is 15.2 Å². The summed E-state index contributed by atoms with van der Waals surface area (Å²) in [5, 5.41) is 19.6. The van der Waals surface area contributed by atoms with Gasteiger partial charge in [-0.15, -0.1) is 0 Å². The van der Waals surface area contributed by atoms with Crippen LogP contribution in [0.15, 0.2) is 42.5 Å². The van der Waals surface area contributed by atoms with Crippen LogP contribution in [0, 0.1) is 5.82 Å². The van der Waals surface area contributed by atoms with E-state index in [4.69, 9.17) is 9.84 Å². The van der Waals surface area contributed by atoms with Crippen LogP contribution < -0.4 is 10.1 Å². The molecule has 1 aromatic heterocycles. The van der Waals surface area contributed by atoms with Crippen LogP contribution in [0.1, 0.15) is 23.1 Å². The molecule has 3 aromatic rings. The Labute approximate surface area is 150 Å². The number of ether oxygens (including phenoxy) is 1. The third-order valence-corrected chi connectivity index (χ3v) is 4.59. The van der Waals surface area contributed by atoms with Crippen LogP contribution in [0.2, 0.25) is 0 Å². The van der Waals surface area contributed by atoms with Crippen LogP contribution in [0.3, 0.4) is 0 Å². The molecule has 3 N–H and O–H groups in total. The quantitative estimate of drug-likeness (QED) is 0.445. The Morgan fingerprint density at radius 2 is 2.04 bits per heavy atom. The van der Waals surface area contributed by atoms with Gasteiger partial charge >= 0.3 is 0 Å². The maximum absolute atomic E-state index is 13.8. The van der Waals surface area contributed by atoms with Crippen LogP contribution in [-0.2, 0) is 13.0 Å². The highest BCUT2D eigenvalue weighted by Gasteiger charge is 2.27. The average Bonchev–Trinajstić information content (AvgIpc) is 3.21. The lowest BCUT2D eigenvalue weighted by Gasteiger charge is -2.10. The summed E-state index contributed by atoms with van der Waals surface area (Å²) in [5.41, 5.74) is 4.84. The highest BCUT2D eigenvalue weighted by molar-refractivity contribution is 5.80. The van der Waals surface area contributed by atoms with E-state index in [1.165, 1.54) is 6.07 Å². The number of aromatic amines is 1. The molecule has 0 aliphatic heterocycles. The van der Waals surface area contributed by atoms with Crippen LogP contribution >= 0.6 is 0 Å². The first-order valence-electron chi connectivity index (χ1n) is 8.68. The minimum Gasteiger partial charge on any atom is -0.493 e. The van der Waals surface area contributed by atoms with E-state index in [0.717, 1.165) is 34.0 Å². The Hall–Kier alpha value is -2.86. The molecule has 26 heavy (non-hydrogen) atoms. The normalized spacial score (nSPS) is 11.9. The zero-order chi connectivity index (χ0) is 17.9. The zero-order valence-corrected chi connectivity index (χ0v) is 14.3. The van der Waals surface area contributed by atoms with E-state index >= 15 is 0 Å². The van der Waals surface area contributed by atoms with Crippen molar-refractivity contribution in [1.82, 2.24) is 10.2 Å². The number of halogens is 1. The second-order valence-corrected chi connectivity index (χ2v) is 6.26. The van der Waals surface area contributed by atoms with Gasteiger partial charge in [0.05, 0.1) is 12.3 Å². The number of aromatic nitrogens is 2. The molecule has 0 bridgehead atoms. The minimum atomic E-state index is -0.227. The lowest BCUT2D eigenvalue weighted by atomic mass is 10.1. The van der Waals surface area contributed by atoms with E-state index in [-0.39, 0.29) is 12.4 Å². The maximum Gasteiger partial charge on any atom is 0.152 e. The van der Waals surface area contributed by atoms with Gasteiger partial charge in [-0.1, -0.05) is 30.3 Å². The van der Waals surface area contributed by atoms with Crippen LogP contribution in [0.5, 0.6) is 5.75 Å². The second-order valence-electron chi connectivity index (χ2n) is 6.26. The summed E-state index contributed by atoms with van der Waals surface area (Å²) in [7, 11) is 0. The summed E-state index contributed by atoms with van der Waals surface area (Å²) in [5.74, 6) is 1.34. The van der Waals surface area contributed by atoms with Gasteiger partial charge in [-0.05, 0) is 12.1 Å². The number of hydrogen-bond acceptors (Lipinski definition) is 4. The fourth-order valence-corrected chi connectivity index (χ4v) is 3.27. The fraction of sp³-hybridized carbons (Fsp3) is 0.250. The van der Waals surface area contributed by atoms with Crippen molar-refractivity contribution in [2.24, 2.45) is 0 Å². The highest BCUT2D eigenvalue weighted by Crippen LogP contribution is 2.42. The van der Waals surface area contributed by atoms with Gasteiger partial charge in [0, 0.05) is 48.2 Å². The van der Waals surface area contributed by atoms with Gasteiger partial charge in [-0.3, -0.25) is 5.10 Å². The molecule has 2 aromatic carbocycles. The van der Waals surface area contributed by atoms with Crippen LogP contribution in [-0.4, -0.2) is 28.5 Å². The molecule has 6 heteroatoms. The third-order valence-electron chi connectivity index (χ3n) is 4.59. The molecule has 5 nitrogen and oxygen atoms in total. The Morgan fingerprint density at radius 3 is 2.88 bits per heavy atom. The van der Waals surface area contributed by atoms with Crippen molar-refractivity contribution in [2.75, 3.05) is 18.5 Å². The molecule has 0 spiro atoms. The molecule has 0 fully saturated rings. The number of aliphatic hydroxyl groups excluding tert-OH is 1. The minimum absolute atomic E-state index is 0.113. The zero-order valence-electron chi connectivity index (χ0n) is 14.3. The first-order chi connectivity index (χ1) is 12.8. The maximum atomic E-state index is 13.8. The molecule has 0 unspecified atom stereocenters.